The maximum Gasteiger partial charge on any atom is 0.307 e. The summed E-state index contributed by atoms with van der Waals surface area (Å²) in [6.45, 7) is 11.0. The summed E-state index contributed by atoms with van der Waals surface area (Å²) in [5.41, 5.74) is 6.86. The number of carboxylic acid groups (broad SMARTS) is 1. The molecule has 0 aliphatic rings. The molecule has 3 rings (SSSR count). The van der Waals surface area contributed by atoms with Gasteiger partial charge in [0.25, 0.3) is 0 Å². The molecule has 0 unspecified atom stereocenters. The minimum atomic E-state index is -0.921. The largest absolute Gasteiger partial charge is 0.481 e. The molecule has 6 N–H and O–H groups in total. The van der Waals surface area contributed by atoms with Crippen LogP contribution in [0.2, 0.25) is 0 Å². The van der Waals surface area contributed by atoms with Gasteiger partial charge < -0.3 is 20.3 Å². The molecule has 0 bridgehead atoms. The van der Waals surface area contributed by atoms with Crippen LogP contribution in [0.15, 0.2) is 42.5 Å². The Labute approximate surface area is 230 Å². The molecular weight excluding hydrogens is 496 g/mol. The van der Waals surface area contributed by atoms with Gasteiger partial charge in [-0.25, -0.2) is 5.21 Å². The van der Waals surface area contributed by atoms with E-state index in [1.807, 2.05) is 45.0 Å². The molecule has 0 heterocycles. The number of aliphatic hydroxyl groups is 1. The third-order valence-electron chi connectivity index (χ3n) is 5.51. The third kappa shape index (κ3) is 9.27. The maximum atomic E-state index is 11.7. The lowest BCUT2D eigenvalue weighted by Crippen LogP contribution is -2.73. The van der Waals surface area contributed by atoms with Crippen LogP contribution >= 0.6 is 0 Å². The van der Waals surface area contributed by atoms with Crippen molar-refractivity contribution in [2.45, 2.75) is 53.6 Å². The number of carboxylic acids is 1. The van der Waals surface area contributed by atoms with E-state index in [-0.39, 0.29) is 6.42 Å². The van der Waals surface area contributed by atoms with E-state index < -0.39 is 11.6 Å². The van der Waals surface area contributed by atoms with Crippen LogP contribution in [0.3, 0.4) is 0 Å². The van der Waals surface area contributed by atoms with E-state index in [2.05, 4.69) is 18.2 Å². The number of terminal acetylenes is 1. The summed E-state index contributed by atoms with van der Waals surface area (Å²) in [6, 6.07) is 12.7. The third-order valence-corrected chi connectivity index (χ3v) is 5.51. The molecule has 39 heavy (non-hydrogen) atoms. The van der Waals surface area contributed by atoms with Crippen molar-refractivity contribution in [2.75, 3.05) is 12.4 Å². The highest BCUT2D eigenvalue weighted by atomic mass is 16.5. The lowest BCUT2D eigenvalue weighted by atomic mass is 9.88. The van der Waals surface area contributed by atoms with Gasteiger partial charge in [0, 0.05) is 24.7 Å². The molecule has 208 valence electrons. The van der Waals surface area contributed by atoms with Crippen molar-refractivity contribution in [1.82, 2.24) is 0 Å². The van der Waals surface area contributed by atoms with Gasteiger partial charge in [-0.05, 0) is 69.9 Å². The Morgan fingerprint density at radius 2 is 1.62 bits per heavy atom. The lowest BCUT2D eigenvalue weighted by Gasteiger charge is -2.24. The second kappa shape index (κ2) is 14.7. The number of benzene rings is 3. The summed E-state index contributed by atoms with van der Waals surface area (Å²) in [5, 5.41) is 30.5. The van der Waals surface area contributed by atoms with Gasteiger partial charge in [0.2, 0.25) is 0 Å². The number of quaternary nitrogens is 1. The van der Waals surface area contributed by atoms with Gasteiger partial charge >= 0.3 is 5.97 Å². The van der Waals surface area contributed by atoms with Gasteiger partial charge in [-0.3, -0.25) is 9.59 Å². The first-order chi connectivity index (χ1) is 18.3. The number of aryl methyl sites for hydroxylation is 1. The van der Waals surface area contributed by atoms with Crippen LogP contribution in [0.4, 0.5) is 11.4 Å². The minimum Gasteiger partial charge on any atom is -0.481 e. The highest BCUT2D eigenvalue weighted by Crippen LogP contribution is 2.45. The van der Waals surface area contributed by atoms with Gasteiger partial charge in [0.1, 0.15) is 5.75 Å². The molecule has 0 saturated carbocycles. The van der Waals surface area contributed by atoms with Crippen LogP contribution in [-0.2, 0) is 11.2 Å². The minimum absolute atomic E-state index is 0.133. The number of rotatable bonds is 8. The highest BCUT2D eigenvalue weighted by Gasteiger charge is 2.24. The molecule has 3 aromatic carbocycles. The Kier molecular flexibility index (Phi) is 12.4. The molecular formula is C31H39N2O6+. The van der Waals surface area contributed by atoms with Crippen molar-refractivity contribution >= 4 is 23.6 Å². The number of nitrogens with two attached hydrogens (primary N) is 1. The summed E-state index contributed by atoms with van der Waals surface area (Å²) < 4.78 is 6.24. The highest BCUT2D eigenvalue weighted by molar-refractivity contribution is 5.87. The zero-order chi connectivity index (χ0) is 29.9. The molecule has 8 nitrogen and oxygen atoms in total. The van der Waals surface area contributed by atoms with E-state index in [9.17, 15) is 19.9 Å². The predicted molar refractivity (Wildman–Crippen MR) is 154 cm³/mol. The van der Waals surface area contributed by atoms with E-state index >= 15 is 0 Å². The molecule has 0 aliphatic carbocycles. The second-order valence-corrected chi connectivity index (χ2v) is 9.81. The van der Waals surface area contributed by atoms with Crippen LogP contribution in [0.5, 0.6) is 11.5 Å². The predicted octanol–water partition coefficient (Wildman–Crippen LogP) is 5.16. The van der Waals surface area contributed by atoms with Crippen LogP contribution in [0.1, 0.15) is 53.4 Å². The van der Waals surface area contributed by atoms with E-state index in [0.29, 0.717) is 40.3 Å². The summed E-state index contributed by atoms with van der Waals surface area (Å²) in [4.78, 5) is 23.3. The van der Waals surface area contributed by atoms with Crippen LogP contribution < -0.4 is 15.5 Å². The van der Waals surface area contributed by atoms with E-state index in [0.717, 1.165) is 33.3 Å². The first-order valence-corrected chi connectivity index (χ1v) is 12.2. The molecule has 0 fully saturated rings. The number of aldehydes is 1. The fourth-order valence-electron chi connectivity index (χ4n) is 3.89. The SMILES string of the molecule is C#C.CC(C)(C)O.CNc1c(C)c(CC(=O)O)c(-c2ccc(C)cc2)c(C)c1Oc1ccc([NH2+]O)cc1C=O. The summed E-state index contributed by atoms with van der Waals surface area (Å²) >= 11 is 0. The molecule has 0 aliphatic heterocycles. The number of nitrogens with one attached hydrogen (secondary N) is 1. The summed E-state index contributed by atoms with van der Waals surface area (Å²) in [5.74, 6) is -0.0698. The Morgan fingerprint density at radius 3 is 2.08 bits per heavy atom. The van der Waals surface area contributed by atoms with Gasteiger partial charge in [0.15, 0.2) is 17.7 Å². The number of carbonyl (C=O) groups is 2. The number of hydrogen-bond donors (Lipinski definition) is 5. The van der Waals surface area contributed by atoms with Crippen molar-refractivity contribution in [3.8, 4) is 35.5 Å². The van der Waals surface area contributed by atoms with Crippen LogP contribution in [-0.4, -0.2) is 40.3 Å². The Hall–Kier alpha value is -4.16. The van der Waals surface area contributed by atoms with Crippen LogP contribution in [0.25, 0.3) is 11.1 Å². The normalized spacial score (nSPS) is 10.3. The monoisotopic (exact) mass is 535 g/mol. The molecule has 0 aromatic heterocycles. The maximum absolute atomic E-state index is 11.7. The Morgan fingerprint density at radius 1 is 1.05 bits per heavy atom. The fourth-order valence-corrected chi connectivity index (χ4v) is 3.89. The van der Waals surface area contributed by atoms with Crippen molar-refractivity contribution < 1.29 is 35.2 Å². The number of ether oxygens (including phenoxy) is 1. The van der Waals surface area contributed by atoms with Gasteiger partial charge in [0.05, 0.1) is 23.3 Å². The average molecular weight is 536 g/mol. The first kappa shape index (κ1) is 32.9. The Bertz CT molecular complexity index is 1300. The second-order valence-electron chi connectivity index (χ2n) is 9.81. The summed E-state index contributed by atoms with van der Waals surface area (Å²) in [6.07, 6.45) is 8.54. The number of carbonyl (C=O) groups excluding carboxylic acids is 1. The lowest BCUT2D eigenvalue weighted by molar-refractivity contribution is -0.825. The van der Waals surface area contributed by atoms with E-state index in [1.54, 1.807) is 40.0 Å². The number of anilines is 1. The molecule has 3 aromatic rings. The fraction of sp³-hybridized carbons (Fsp3) is 0.290. The van der Waals surface area contributed by atoms with Crippen molar-refractivity contribution in [2.24, 2.45) is 0 Å². The molecule has 0 atom stereocenters. The zero-order valence-electron chi connectivity index (χ0n) is 23.6. The van der Waals surface area contributed by atoms with E-state index in [4.69, 9.17) is 9.84 Å². The zero-order valence-corrected chi connectivity index (χ0v) is 23.6. The molecule has 0 radical (unpaired) electrons. The smallest absolute Gasteiger partial charge is 0.307 e. The quantitative estimate of drug-likeness (QED) is 0.116. The molecule has 0 saturated heterocycles. The molecule has 8 heteroatoms. The summed E-state index contributed by atoms with van der Waals surface area (Å²) in [7, 11) is 1.75. The van der Waals surface area contributed by atoms with Gasteiger partial charge in [-0.15, -0.1) is 12.8 Å². The molecule has 0 amide bonds. The topological polar surface area (TPSA) is 133 Å². The van der Waals surface area contributed by atoms with Crippen LogP contribution in [0, 0.1) is 33.6 Å². The average Bonchev–Trinajstić information content (AvgIpc) is 2.88. The van der Waals surface area contributed by atoms with Gasteiger partial charge in [-0.2, -0.15) is 5.48 Å². The number of aliphatic carboxylic acids is 1. The van der Waals surface area contributed by atoms with Crippen molar-refractivity contribution in [3.63, 3.8) is 0 Å². The molecule has 0 spiro atoms. The first-order valence-electron chi connectivity index (χ1n) is 12.2. The van der Waals surface area contributed by atoms with Crippen molar-refractivity contribution in [3.05, 3.63) is 70.3 Å². The van der Waals surface area contributed by atoms with E-state index in [1.165, 1.54) is 6.07 Å². The van der Waals surface area contributed by atoms with Gasteiger partial charge in [-0.1, -0.05) is 29.8 Å². The number of hydrogen-bond acceptors (Lipinski definition) is 6. The van der Waals surface area contributed by atoms with Crippen molar-refractivity contribution in [1.29, 1.82) is 0 Å². The standard InChI is InChI=1S/C25H26N2O5.C4H10O.C2H2/c1-14-5-7-17(8-6-14)23-16(3)25(24(26-4)15(2)20(23)12-22(29)30)32-21-10-9-19(27-31)11-18(21)13-28;1-4(2,3)5;1-2/h5-11,13,26-27,31H,12H2,1-4H3,(H,29,30);5H,1-3H3;1-2H/p+1. The Balaban J connectivity index is 0.000000975.